The molecule has 0 saturated carbocycles. The van der Waals surface area contributed by atoms with Gasteiger partial charge in [0.1, 0.15) is 18.4 Å². The number of aryl methyl sites for hydroxylation is 1. The van der Waals surface area contributed by atoms with Gasteiger partial charge in [0.25, 0.3) is 0 Å². The van der Waals surface area contributed by atoms with Crippen molar-refractivity contribution in [2.24, 2.45) is 0 Å². The molecule has 0 spiro atoms. The predicted molar refractivity (Wildman–Crippen MR) is 164 cm³/mol. The SMILES string of the molecule is C=CCN1[C@@H]2c3c(cc(C)c(OC)c3O)C[C@H]1[C@H](C#N)N1C2[C@@H]2SCC(=O)C(=O)OC[C@H]1c1c3c(c(C)c(OC(C)=O)c12)OCO3. The van der Waals surface area contributed by atoms with Gasteiger partial charge in [-0.25, -0.2) is 4.79 Å². The lowest BCUT2D eigenvalue weighted by molar-refractivity contribution is -0.157. The first-order chi connectivity index (χ1) is 22.1. The molecule has 46 heavy (non-hydrogen) atoms. The third-order valence-electron chi connectivity index (χ3n) is 9.70. The van der Waals surface area contributed by atoms with Crippen LogP contribution >= 0.6 is 11.8 Å². The van der Waals surface area contributed by atoms with Crippen LogP contribution in [0.5, 0.6) is 28.7 Å². The molecular formula is C33H33N3O9S. The van der Waals surface area contributed by atoms with Crippen molar-refractivity contribution in [3.63, 3.8) is 0 Å². The summed E-state index contributed by atoms with van der Waals surface area (Å²) in [6.45, 7) is 9.04. The molecule has 0 amide bonds. The van der Waals surface area contributed by atoms with E-state index in [1.54, 1.807) is 13.0 Å². The summed E-state index contributed by atoms with van der Waals surface area (Å²) in [5.74, 6) is -0.956. The van der Waals surface area contributed by atoms with E-state index in [4.69, 9.17) is 23.7 Å². The third kappa shape index (κ3) is 4.23. The topological polar surface area (TPSA) is 148 Å². The maximum atomic E-state index is 13.0. The van der Waals surface area contributed by atoms with Crippen LogP contribution in [0.2, 0.25) is 0 Å². The number of carbonyl (C=O) groups is 3. The van der Waals surface area contributed by atoms with Crippen LogP contribution in [-0.4, -0.2) is 83.6 Å². The average molecular weight is 648 g/mol. The zero-order valence-corrected chi connectivity index (χ0v) is 26.6. The lowest BCUT2D eigenvalue weighted by Crippen LogP contribution is -2.70. The van der Waals surface area contributed by atoms with Gasteiger partial charge in [0.05, 0.1) is 36.3 Å². The minimum atomic E-state index is -0.957. The fourth-order valence-electron chi connectivity index (χ4n) is 8.14. The van der Waals surface area contributed by atoms with E-state index >= 15 is 0 Å². The van der Waals surface area contributed by atoms with E-state index < -0.39 is 47.1 Å². The van der Waals surface area contributed by atoms with Gasteiger partial charge in [-0.15, -0.1) is 18.3 Å². The van der Waals surface area contributed by atoms with Crippen molar-refractivity contribution in [1.29, 1.82) is 5.26 Å². The Balaban J connectivity index is 1.58. The second-order valence-electron chi connectivity index (χ2n) is 12.1. The Morgan fingerprint density at radius 2 is 1.96 bits per heavy atom. The number of Topliss-reactive ketones (excluding diaryl/α,β-unsaturated/α-hetero) is 1. The minimum absolute atomic E-state index is 0.00754. The fraction of sp³-hybridized carbons (Fsp3) is 0.455. The molecule has 6 atom stereocenters. The Labute approximate surface area is 269 Å². The van der Waals surface area contributed by atoms with Crippen LogP contribution in [0.15, 0.2) is 18.7 Å². The number of methoxy groups -OCH3 is 1. The van der Waals surface area contributed by atoms with Crippen molar-refractivity contribution in [3.05, 3.63) is 52.1 Å². The molecule has 2 aromatic rings. The molecule has 13 heteroatoms. The average Bonchev–Trinajstić information content (AvgIpc) is 3.51. The number of nitriles is 1. The minimum Gasteiger partial charge on any atom is -0.504 e. The number of thioether (sulfide) groups is 1. The Morgan fingerprint density at radius 1 is 1.20 bits per heavy atom. The highest BCUT2D eigenvalue weighted by molar-refractivity contribution is 8.00. The van der Waals surface area contributed by atoms with E-state index in [0.29, 0.717) is 52.5 Å². The molecular weight excluding hydrogens is 614 g/mol. The summed E-state index contributed by atoms with van der Waals surface area (Å²) < 4.78 is 29.2. The summed E-state index contributed by atoms with van der Waals surface area (Å²) in [5, 5.41) is 22.1. The van der Waals surface area contributed by atoms with Gasteiger partial charge in [-0.2, -0.15) is 5.26 Å². The van der Waals surface area contributed by atoms with Crippen molar-refractivity contribution < 1.29 is 43.2 Å². The van der Waals surface area contributed by atoms with E-state index in [-0.39, 0.29) is 36.7 Å². The van der Waals surface area contributed by atoms with Gasteiger partial charge >= 0.3 is 11.9 Å². The number of ketones is 1. The van der Waals surface area contributed by atoms with Gasteiger partial charge in [0, 0.05) is 47.8 Å². The fourth-order valence-corrected chi connectivity index (χ4v) is 9.48. The summed E-state index contributed by atoms with van der Waals surface area (Å²) >= 11 is 1.21. The number of esters is 2. The summed E-state index contributed by atoms with van der Waals surface area (Å²) in [4.78, 5) is 42.6. The second-order valence-corrected chi connectivity index (χ2v) is 13.2. The summed E-state index contributed by atoms with van der Waals surface area (Å²) in [6.07, 6.45) is 2.23. The molecule has 5 heterocycles. The van der Waals surface area contributed by atoms with Gasteiger partial charge in [0.2, 0.25) is 12.6 Å². The number of phenols is 1. The van der Waals surface area contributed by atoms with Crippen LogP contribution in [0.1, 0.15) is 57.6 Å². The number of hydrogen-bond acceptors (Lipinski definition) is 13. The first-order valence-electron chi connectivity index (χ1n) is 15.0. The van der Waals surface area contributed by atoms with E-state index in [1.807, 2.05) is 13.0 Å². The molecule has 5 aliphatic heterocycles. The van der Waals surface area contributed by atoms with E-state index in [1.165, 1.54) is 25.8 Å². The Bertz CT molecular complexity index is 1750. The normalized spacial score (nSPS) is 27.9. The number of fused-ring (bicyclic) bond motifs is 9. The summed E-state index contributed by atoms with van der Waals surface area (Å²) in [5.41, 5.74) is 4.08. The number of carbonyl (C=O) groups excluding carboxylic acids is 3. The summed E-state index contributed by atoms with van der Waals surface area (Å²) in [7, 11) is 1.51. The van der Waals surface area contributed by atoms with Gasteiger partial charge in [0.15, 0.2) is 23.0 Å². The summed E-state index contributed by atoms with van der Waals surface area (Å²) in [6, 6.07) is 1.62. The van der Waals surface area contributed by atoms with Crippen molar-refractivity contribution in [2.75, 3.05) is 32.8 Å². The Morgan fingerprint density at radius 3 is 2.65 bits per heavy atom. The molecule has 4 bridgehead atoms. The first-order valence-corrected chi connectivity index (χ1v) is 16.1. The van der Waals surface area contributed by atoms with Gasteiger partial charge in [-0.1, -0.05) is 12.1 Å². The molecule has 1 N–H and O–H groups in total. The standard InChI is InChI=1S/C33H33N3O9S/c1-6-7-35-18-9-17-8-14(2)28(41-5)27(39)22(17)25(35)26-32-24-23(31-30(43-13-44-31)15(3)29(24)45-16(4)37)20(36(26)19(18)10-34)11-42-33(40)21(38)12-46-32/h6,8,18-20,25-26,32,39H,1,7,9,11-13H2,2-5H3/t18-,19-,20-,25+,26?,32+/m0/s1. The molecule has 0 aromatic heterocycles. The number of nitrogens with zero attached hydrogens (tertiary/aromatic N) is 3. The van der Waals surface area contributed by atoms with Crippen LogP contribution in [0.3, 0.4) is 0 Å². The molecule has 2 saturated heterocycles. The number of hydrogen-bond donors (Lipinski definition) is 1. The molecule has 12 nitrogen and oxygen atoms in total. The highest BCUT2D eigenvalue weighted by Crippen LogP contribution is 2.64. The van der Waals surface area contributed by atoms with Crippen LogP contribution in [-0.2, 0) is 25.5 Å². The maximum Gasteiger partial charge on any atom is 0.375 e. The van der Waals surface area contributed by atoms with Gasteiger partial charge in [-0.3, -0.25) is 19.4 Å². The van der Waals surface area contributed by atoms with E-state index in [2.05, 4.69) is 22.4 Å². The molecule has 2 fully saturated rings. The Kier molecular flexibility index (Phi) is 7.42. The molecule has 0 radical (unpaired) electrons. The highest BCUT2D eigenvalue weighted by atomic mass is 32.2. The molecule has 1 unspecified atom stereocenters. The van der Waals surface area contributed by atoms with Crippen LogP contribution in [0.4, 0.5) is 0 Å². The lowest BCUT2D eigenvalue weighted by atomic mass is 9.71. The number of phenolic OH excluding ortho intramolecular Hbond substituents is 1. The van der Waals surface area contributed by atoms with Crippen LogP contribution in [0.25, 0.3) is 0 Å². The van der Waals surface area contributed by atoms with E-state index in [9.17, 15) is 24.8 Å². The molecule has 2 aromatic carbocycles. The van der Waals surface area contributed by atoms with Crippen molar-refractivity contribution in [2.45, 2.75) is 62.7 Å². The quantitative estimate of drug-likeness (QED) is 0.224. The maximum absolute atomic E-state index is 13.0. The van der Waals surface area contributed by atoms with Crippen molar-refractivity contribution >= 4 is 29.5 Å². The number of ether oxygens (including phenoxy) is 5. The van der Waals surface area contributed by atoms with E-state index in [0.717, 1.165) is 11.1 Å². The number of rotatable bonds is 4. The van der Waals surface area contributed by atoms with Gasteiger partial charge in [-0.05, 0) is 31.4 Å². The molecule has 240 valence electrons. The lowest BCUT2D eigenvalue weighted by Gasteiger charge is -2.62. The predicted octanol–water partition coefficient (Wildman–Crippen LogP) is 3.36. The monoisotopic (exact) mass is 647 g/mol. The molecule has 7 rings (SSSR count). The molecule has 5 aliphatic rings. The largest absolute Gasteiger partial charge is 0.504 e. The molecule has 0 aliphatic carbocycles. The van der Waals surface area contributed by atoms with Gasteiger partial charge < -0.3 is 28.8 Å². The zero-order valence-electron chi connectivity index (χ0n) is 25.8. The smallest absolute Gasteiger partial charge is 0.375 e. The number of benzene rings is 2. The van der Waals surface area contributed by atoms with Crippen molar-refractivity contribution in [1.82, 2.24) is 9.80 Å². The van der Waals surface area contributed by atoms with Crippen molar-refractivity contribution in [3.8, 4) is 34.8 Å². The Hall–Kier alpha value is -4.25. The number of aromatic hydroxyl groups is 1. The van der Waals surface area contributed by atoms with Crippen LogP contribution < -0.4 is 18.9 Å². The second kappa shape index (κ2) is 11.2. The number of cyclic esters (lactones) is 1. The third-order valence-corrected chi connectivity index (χ3v) is 11.0. The number of piperazine rings is 1. The highest BCUT2D eigenvalue weighted by Gasteiger charge is 2.61. The first kappa shape index (κ1) is 30.4. The zero-order chi connectivity index (χ0) is 32.6. The van der Waals surface area contributed by atoms with Crippen LogP contribution in [0, 0.1) is 25.2 Å².